The van der Waals surface area contributed by atoms with E-state index < -0.39 is 0 Å². The third kappa shape index (κ3) is 2.20. The number of aromatic nitrogens is 3. The summed E-state index contributed by atoms with van der Waals surface area (Å²) in [6, 6.07) is 3.62. The van der Waals surface area contributed by atoms with Crippen LogP contribution in [-0.4, -0.2) is 21.2 Å². The van der Waals surface area contributed by atoms with Crippen LogP contribution < -0.4 is 5.32 Å². The number of hydrogen-bond donors (Lipinski definition) is 1. The molecule has 5 heteroatoms. The lowest BCUT2D eigenvalue weighted by molar-refractivity contribution is 0.112. The van der Waals surface area contributed by atoms with Crippen LogP contribution in [0.5, 0.6) is 0 Å². The molecule has 2 rings (SSSR count). The summed E-state index contributed by atoms with van der Waals surface area (Å²) in [4.78, 5) is 22.7. The fourth-order valence-electron chi connectivity index (χ4n) is 1.22. The van der Waals surface area contributed by atoms with Gasteiger partial charge in [-0.1, -0.05) is 0 Å². The van der Waals surface area contributed by atoms with Gasteiger partial charge in [0.05, 0.1) is 11.3 Å². The molecule has 80 valence electrons. The van der Waals surface area contributed by atoms with Gasteiger partial charge < -0.3 is 5.32 Å². The molecule has 2 heterocycles. The smallest absolute Gasteiger partial charge is 0.227 e. The molecule has 0 saturated heterocycles. The Morgan fingerprint density at radius 3 is 2.69 bits per heavy atom. The van der Waals surface area contributed by atoms with Crippen LogP contribution in [0.15, 0.2) is 30.7 Å². The Hall–Kier alpha value is -2.30. The first-order valence-electron chi connectivity index (χ1n) is 4.75. The van der Waals surface area contributed by atoms with Crippen LogP contribution >= 0.6 is 0 Å². The lowest BCUT2D eigenvalue weighted by Gasteiger charge is -2.05. The van der Waals surface area contributed by atoms with Crippen LogP contribution in [0.3, 0.4) is 0 Å². The second kappa shape index (κ2) is 4.48. The Balaban J connectivity index is 2.23. The maximum Gasteiger partial charge on any atom is 0.227 e. The molecule has 2 aromatic heterocycles. The Morgan fingerprint density at radius 2 is 2.06 bits per heavy atom. The molecule has 0 saturated carbocycles. The molecule has 5 nitrogen and oxygen atoms in total. The molecule has 0 aliphatic carbocycles. The fraction of sp³-hybridized carbons (Fsp3) is 0.0909. The van der Waals surface area contributed by atoms with E-state index in [2.05, 4.69) is 20.3 Å². The van der Waals surface area contributed by atoms with Crippen molar-refractivity contribution in [2.24, 2.45) is 0 Å². The van der Waals surface area contributed by atoms with Gasteiger partial charge in [0, 0.05) is 24.3 Å². The SMILES string of the molecule is Cc1nc(Nc2ccncc2)ncc1C=O. The summed E-state index contributed by atoms with van der Waals surface area (Å²) < 4.78 is 0. The van der Waals surface area contributed by atoms with Gasteiger partial charge in [-0.25, -0.2) is 9.97 Å². The van der Waals surface area contributed by atoms with Crippen molar-refractivity contribution in [1.29, 1.82) is 0 Å². The first-order valence-corrected chi connectivity index (χ1v) is 4.75. The molecule has 0 spiro atoms. The van der Waals surface area contributed by atoms with Gasteiger partial charge in [-0.2, -0.15) is 0 Å². The third-order valence-corrected chi connectivity index (χ3v) is 2.08. The zero-order chi connectivity index (χ0) is 11.4. The predicted octanol–water partition coefficient (Wildman–Crippen LogP) is 1.74. The van der Waals surface area contributed by atoms with Gasteiger partial charge >= 0.3 is 0 Å². The van der Waals surface area contributed by atoms with Crippen molar-refractivity contribution < 1.29 is 4.79 Å². The Morgan fingerprint density at radius 1 is 1.31 bits per heavy atom. The highest BCUT2D eigenvalue weighted by Gasteiger charge is 2.02. The van der Waals surface area contributed by atoms with Crippen molar-refractivity contribution in [2.45, 2.75) is 6.92 Å². The van der Waals surface area contributed by atoms with Gasteiger partial charge in [0.25, 0.3) is 0 Å². The summed E-state index contributed by atoms with van der Waals surface area (Å²) >= 11 is 0. The molecule has 0 unspecified atom stereocenters. The van der Waals surface area contributed by atoms with Crippen molar-refractivity contribution in [1.82, 2.24) is 15.0 Å². The van der Waals surface area contributed by atoms with Gasteiger partial charge in [0.15, 0.2) is 6.29 Å². The molecule has 0 aliphatic heterocycles. The van der Waals surface area contributed by atoms with Crippen molar-refractivity contribution in [3.63, 3.8) is 0 Å². The minimum Gasteiger partial charge on any atom is -0.324 e. The Labute approximate surface area is 92.6 Å². The van der Waals surface area contributed by atoms with E-state index in [4.69, 9.17) is 0 Å². The van der Waals surface area contributed by atoms with Crippen LogP contribution in [0.1, 0.15) is 16.1 Å². The molecule has 0 radical (unpaired) electrons. The summed E-state index contributed by atoms with van der Waals surface area (Å²) in [5, 5.41) is 3.02. The number of aryl methyl sites for hydroxylation is 1. The van der Waals surface area contributed by atoms with Crippen LogP contribution in [0.4, 0.5) is 11.6 Å². The van der Waals surface area contributed by atoms with Gasteiger partial charge in [0.2, 0.25) is 5.95 Å². The highest BCUT2D eigenvalue weighted by atomic mass is 16.1. The molecule has 1 N–H and O–H groups in total. The van der Waals surface area contributed by atoms with Crippen LogP contribution in [-0.2, 0) is 0 Å². The number of aldehydes is 1. The van der Waals surface area contributed by atoms with Crippen molar-refractivity contribution in [2.75, 3.05) is 5.32 Å². The number of carbonyl (C=O) groups excluding carboxylic acids is 1. The summed E-state index contributed by atoms with van der Waals surface area (Å²) in [7, 11) is 0. The minimum absolute atomic E-state index is 0.467. The largest absolute Gasteiger partial charge is 0.324 e. The van der Waals surface area contributed by atoms with E-state index in [1.54, 1.807) is 19.3 Å². The molecule has 0 atom stereocenters. The van der Waals surface area contributed by atoms with Crippen molar-refractivity contribution in [3.8, 4) is 0 Å². The van der Waals surface area contributed by atoms with E-state index in [0.717, 1.165) is 12.0 Å². The summed E-state index contributed by atoms with van der Waals surface area (Å²) in [5.74, 6) is 0.467. The third-order valence-electron chi connectivity index (χ3n) is 2.08. The second-order valence-electron chi connectivity index (χ2n) is 3.21. The van der Waals surface area contributed by atoms with Gasteiger partial charge in [-0.05, 0) is 19.1 Å². The zero-order valence-electron chi connectivity index (χ0n) is 8.71. The molecular weight excluding hydrogens is 204 g/mol. The number of carbonyl (C=O) groups is 1. The van der Waals surface area contributed by atoms with E-state index in [1.807, 2.05) is 12.1 Å². The lowest BCUT2D eigenvalue weighted by atomic mass is 10.3. The molecule has 0 aromatic carbocycles. The van der Waals surface area contributed by atoms with Crippen LogP contribution in [0.2, 0.25) is 0 Å². The predicted molar refractivity (Wildman–Crippen MR) is 59.7 cm³/mol. The van der Waals surface area contributed by atoms with E-state index in [-0.39, 0.29) is 0 Å². The fourth-order valence-corrected chi connectivity index (χ4v) is 1.22. The molecule has 0 fully saturated rings. The molecular formula is C11H10N4O. The number of hydrogen-bond acceptors (Lipinski definition) is 5. The Kier molecular flexibility index (Phi) is 2.86. The first-order chi connectivity index (χ1) is 7.79. The zero-order valence-corrected chi connectivity index (χ0v) is 8.71. The van der Waals surface area contributed by atoms with E-state index in [1.165, 1.54) is 6.20 Å². The minimum atomic E-state index is 0.467. The molecule has 0 aliphatic rings. The summed E-state index contributed by atoms with van der Waals surface area (Å²) in [5.41, 5.74) is 2.01. The topological polar surface area (TPSA) is 67.8 Å². The highest BCUT2D eigenvalue weighted by molar-refractivity contribution is 5.76. The van der Waals surface area contributed by atoms with Crippen LogP contribution in [0, 0.1) is 6.92 Å². The molecule has 0 amide bonds. The second-order valence-corrected chi connectivity index (χ2v) is 3.21. The number of pyridine rings is 1. The number of nitrogens with one attached hydrogen (secondary N) is 1. The Bertz CT molecular complexity index is 499. The van der Waals surface area contributed by atoms with Crippen molar-refractivity contribution >= 4 is 17.9 Å². The maximum atomic E-state index is 10.6. The number of rotatable bonds is 3. The number of nitrogens with zero attached hydrogens (tertiary/aromatic N) is 3. The first kappa shape index (κ1) is 10.2. The molecule has 16 heavy (non-hydrogen) atoms. The quantitative estimate of drug-likeness (QED) is 0.788. The average molecular weight is 214 g/mol. The van der Waals surface area contributed by atoms with Crippen molar-refractivity contribution in [3.05, 3.63) is 42.0 Å². The maximum absolute atomic E-state index is 10.6. The monoisotopic (exact) mass is 214 g/mol. The van der Waals surface area contributed by atoms with Crippen LogP contribution in [0.25, 0.3) is 0 Å². The van der Waals surface area contributed by atoms with E-state index >= 15 is 0 Å². The normalized spacial score (nSPS) is 9.81. The number of anilines is 2. The average Bonchev–Trinajstić information content (AvgIpc) is 2.31. The van der Waals surface area contributed by atoms with E-state index in [9.17, 15) is 4.79 Å². The van der Waals surface area contributed by atoms with E-state index in [0.29, 0.717) is 17.2 Å². The highest BCUT2D eigenvalue weighted by Crippen LogP contribution is 2.11. The molecule has 0 bridgehead atoms. The van der Waals surface area contributed by atoms with Gasteiger partial charge in [0.1, 0.15) is 0 Å². The van der Waals surface area contributed by atoms with Gasteiger partial charge in [-0.3, -0.25) is 9.78 Å². The summed E-state index contributed by atoms with van der Waals surface area (Å²) in [6.07, 6.45) is 5.59. The molecule has 2 aromatic rings. The lowest BCUT2D eigenvalue weighted by Crippen LogP contribution is -2.00. The van der Waals surface area contributed by atoms with Gasteiger partial charge in [-0.15, -0.1) is 0 Å². The standard InChI is InChI=1S/C11H10N4O/c1-8-9(7-16)6-13-11(14-8)15-10-2-4-12-5-3-10/h2-7H,1H3,(H,12,13,14,15). The summed E-state index contributed by atoms with van der Waals surface area (Å²) in [6.45, 7) is 1.77.